The van der Waals surface area contributed by atoms with Crippen LogP contribution in [0.4, 0.5) is 5.82 Å². The van der Waals surface area contributed by atoms with E-state index in [1.165, 1.54) is 12.3 Å². The van der Waals surface area contributed by atoms with Crippen molar-refractivity contribution < 1.29 is 14.3 Å². The highest BCUT2D eigenvalue weighted by Crippen LogP contribution is 2.11. The number of amides is 2. The molecule has 0 radical (unpaired) electrons. The monoisotopic (exact) mass is 333 g/mol. The normalized spacial score (nSPS) is 10.0. The predicted molar refractivity (Wildman–Crippen MR) is 87.6 cm³/mol. The van der Waals surface area contributed by atoms with Gasteiger partial charge in [0.2, 0.25) is 0 Å². The number of carbonyl (C=O) groups excluding carboxylic acids is 2. The highest BCUT2D eigenvalue weighted by molar-refractivity contribution is 6.39. The van der Waals surface area contributed by atoms with Crippen molar-refractivity contribution in [3.63, 3.8) is 0 Å². The van der Waals surface area contributed by atoms with Crippen molar-refractivity contribution in [3.05, 3.63) is 53.2 Å². The molecule has 7 heteroatoms. The van der Waals surface area contributed by atoms with Crippen LogP contribution >= 0.6 is 11.6 Å². The third-order valence-corrected chi connectivity index (χ3v) is 3.26. The lowest BCUT2D eigenvalue weighted by Gasteiger charge is -2.07. The van der Waals surface area contributed by atoms with E-state index >= 15 is 0 Å². The maximum Gasteiger partial charge on any atom is 0.314 e. The first-order chi connectivity index (χ1) is 11.1. The van der Waals surface area contributed by atoms with Crippen molar-refractivity contribution in [2.24, 2.45) is 0 Å². The highest BCUT2D eigenvalue weighted by Gasteiger charge is 2.13. The minimum absolute atomic E-state index is 0.268. The predicted octanol–water partition coefficient (Wildman–Crippen LogP) is 2.04. The summed E-state index contributed by atoms with van der Waals surface area (Å²) in [7, 11) is 1.60. The van der Waals surface area contributed by atoms with Crippen molar-refractivity contribution in [2.75, 3.05) is 19.0 Å². The number of hydrogen-bond donors (Lipinski definition) is 2. The van der Waals surface area contributed by atoms with Gasteiger partial charge in [-0.1, -0.05) is 23.7 Å². The minimum atomic E-state index is -0.769. The van der Waals surface area contributed by atoms with Gasteiger partial charge in [-0.05, 0) is 36.2 Å². The Balaban J connectivity index is 1.77. The zero-order valence-corrected chi connectivity index (χ0v) is 13.3. The number of anilines is 1. The number of hydrogen-bond acceptors (Lipinski definition) is 4. The molecule has 0 aliphatic rings. The smallest absolute Gasteiger partial charge is 0.314 e. The number of methoxy groups -OCH3 is 1. The molecule has 0 bridgehead atoms. The first-order valence-electron chi connectivity index (χ1n) is 6.92. The molecule has 2 rings (SSSR count). The van der Waals surface area contributed by atoms with Crippen molar-refractivity contribution >= 4 is 29.2 Å². The number of benzene rings is 1. The van der Waals surface area contributed by atoms with Gasteiger partial charge < -0.3 is 15.4 Å². The van der Waals surface area contributed by atoms with Gasteiger partial charge in [-0.15, -0.1) is 0 Å². The van der Waals surface area contributed by atoms with E-state index in [0.29, 0.717) is 18.0 Å². The molecule has 0 fully saturated rings. The van der Waals surface area contributed by atoms with Gasteiger partial charge in [-0.2, -0.15) is 0 Å². The van der Waals surface area contributed by atoms with Crippen LogP contribution in [-0.4, -0.2) is 30.5 Å². The lowest BCUT2D eigenvalue weighted by Crippen LogP contribution is -2.36. The van der Waals surface area contributed by atoms with E-state index in [9.17, 15) is 9.59 Å². The lowest BCUT2D eigenvalue weighted by atomic mass is 10.1. The van der Waals surface area contributed by atoms with E-state index < -0.39 is 11.8 Å². The molecule has 2 amide bonds. The molecule has 1 aromatic carbocycles. The maximum absolute atomic E-state index is 11.7. The van der Waals surface area contributed by atoms with Crippen LogP contribution < -0.4 is 15.4 Å². The van der Waals surface area contributed by atoms with Crippen LogP contribution in [0.3, 0.4) is 0 Å². The van der Waals surface area contributed by atoms with Crippen LogP contribution in [0.1, 0.15) is 5.56 Å². The Hall–Kier alpha value is -2.60. The number of nitrogens with zero attached hydrogens (tertiary/aromatic N) is 1. The van der Waals surface area contributed by atoms with Crippen molar-refractivity contribution in [1.29, 1.82) is 0 Å². The number of pyridine rings is 1. The molecule has 2 N–H and O–H groups in total. The number of carbonyl (C=O) groups is 2. The van der Waals surface area contributed by atoms with E-state index in [-0.39, 0.29) is 5.82 Å². The molecule has 0 unspecified atom stereocenters. The fourth-order valence-corrected chi connectivity index (χ4v) is 1.93. The van der Waals surface area contributed by atoms with Gasteiger partial charge in [-0.25, -0.2) is 4.98 Å². The molecule has 6 nitrogen and oxygen atoms in total. The standard InChI is InChI=1S/C16H16ClN3O3/c1-23-13-5-2-11(3-6-13)8-9-18-15(21)16(22)20-14-7-4-12(17)10-19-14/h2-7,10H,8-9H2,1H3,(H,18,21)(H,19,20,22). The van der Waals surface area contributed by atoms with E-state index in [1.54, 1.807) is 13.2 Å². The largest absolute Gasteiger partial charge is 0.497 e. The first-order valence-corrected chi connectivity index (χ1v) is 7.30. The summed E-state index contributed by atoms with van der Waals surface area (Å²) in [5, 5.41) is 5.40. The second-order valence-corrected chi connectivity index (χ2v) is 5.11. The molecule has 1 aromatic heterocycles. The molecular weight excluding hydrogens is 318 g/mol. The zero-order valence-electron chi connectivity index (χ0n) is 12.5. The first kappa shape index (κ1) is 16.8. The minimum Gasteiger partial charge on any atom is -0.497 e. The van der Waals surface area contributed by atoms with Gasteiger partial charge in [-0.3, -0.25) is 9.59 Å². The average Bonchev–Trinajstić information content (AvgIpc) is 2.57. The van der Waals surface area contributed by atoms with E-state index in [4.69, 9.17) is 16.3 Å². The van der Waals surface area contributed by atoms with Crippen LogP contribution in [0.25, 0.3) is 0 Å². The van der Waals surface area contributed by atoms with Crippen LogP contribution in [-0.2, 0) is 16.0 Å². The Morgan fingerprint density at radius 2 is 1.87 bits per heavy atom. The molecule has 0 aliphatic heterocycles. The summed E-state index contributed by atoms with van der Waals surface area (Å²) < 4.78 is 5.07. The summed E-state index contributed by atoms with van der Waals surface area (Å²) >= 11 is 5.69. The number of ether oxygens (including phenoxy) is 1. The second kappa shape index (κ2) is 8.14. The van der Waals surface area contributed by atoms with Crippen LogP contribution in [0.5, 0.6) is 5.75 Å². The summed E-state index contributed by atoms with van der Waals surface area (Å²) in [4.78, 5) is 27.3. The summed E-state index contributed by atoms with van der Waals surface area (Å²) in [6.45, 7) is 0.354. The fourth-order valence-electron chi connectivity index (χ4n) is 1.82. The van der Waals surface area contributed by atoms with Gasteiger partial charge in [0.1, 0.15) is 11.6 Å². The molecule has 0 saturated carbocycles. The molecule has 23 heavy (non-hydrogen) atoms. The van der Waals surface area contributed by atoms with Gasteiger partial charge in [0.15, 0.2) is 0 Å². The van der Waals surface area contributed by atoms with E-state index in [1.807, 2.05) is 24.3 Å². The third kappa shape index (κ3) is 5.27. The van der Waals surface area contributed by atoms with Gasteiger partial charge >= 0.3 is 11.8 Å². The Morgan fingerprint density at radius 1 is 1.13 bits per heavy atom. The Kier molecular flexibility index (Phi) is 5.94. The van der Waals surface area contributed by atoms with E-state index in [2.05, 4.69) is 15.6 Å². The second-order valence-electron chi connectivity index (χ2n) is 4.67. The van der Waals surface area contributed by atoms with Gasteiger partial charge in [0.05, 0.1) is 12.1 Å². The number of halogens is 1. The van der Waals surface area contributed by atoms with Gasteiger partial charge in [0, 0.05) is 12.7 Å². The topological polar surface area (TPSA) is 80.3 Å². The zero-order chi connectivity index (χ0) is 16.7. The number of aromatic nitrogens is 1. The van der Waals surface area contributed by atoms with Crippen LogP contribution in [0.15, 0.2) is 42.6 Å². The number of nitrogens with one attached hydrogen (secondary N) is 2. The van der Waals surface area contributed by atoms with Gasteiger partial charge in [0.25, 0.3) is 0 Å². The van der Waals surface area contributed by atoms with E-state index in [0.717, 1.165) is 11.3 Å². The summed E-state index contributed by atoms with van der Waals surface area (Å²) in [5.74, 6) is -0.442. The van der Waals surface area contributed by atoms with Crippen molar-refractivity contribution in [1.82, 2.24) is 10.3 Å². The van der Waals surface area contributed by atoms with Crippen LogP contribution in [0.2, 0.25) is 5.02 Å². The Labute approximate surface area is 138 Å². The summed E-state index contributed by atoms with van der Waals surface area (Å²) in [6.07, 6.45) is 2.00. The van der Waals surface area contributed by atoms with Crippen molar-refractivity contribution in [2.45, 2.75) is 6.42 Å². The molecule has 0 saturated heterocycles. The molecule has 1 heterocycles. The molecule has 0 spiro atoms. The average molecular weight is 334 g/mol. The number of rotatable bonds is 5. The quantitative estimate of drug-likeness (QED) is 0.821. The highest BCUT2D eigenvalue weighted by atomic mass is 35.5. The SMILES string of the molecule is COc1ccc(CCNC(=O)C(=O)Nc2ccc(Cl)cn2)cc1. The molecule has 0 aliphatic carbocycles. The van der Waals surface area contributed by atoms with Crippen LogP contribution in [0, 0.1) is 0 Å². The van der Waals surface area contributed by atoms with Crippen molar-refractivity contribution in [3.8, 4) is 5.75 Å². The Morgan fingerprint density at radius 3 is 2.48 bits per heavy atom. The lowest BCUT2D eigenvalue weighted by molar-refractivity contribution is -0.136. The molecule has 2 aromatic rings. The Bertz CT molecular complexity index is 672. The molecule has 120 valence electrons. The third-order valence-electron chi connectivity index (χ3n) is 3.03. The molecule has 0 atom stereocenters. The molecular formula is C16H16ClN3O3. The maximum atomic E-state index is 11.7. The fraction of sp³-hybridized carbons (Fsp3) is 0.188. The summed E-state index contributed by atoms with van der Waals surface area (Å²) in [5.41, 5.74) is 1.03. The summed E-state index contributed by atoms with van der Waals surface area (Å²) in [6, 6.07) is 10.6.